The van der Waals surface area contributed by atoms with E-state index in [1.54, 1.807) is 4.90 Å². The van der Waals surface area contributed by atoms with Crippen LogP contribution in [-0.2, 0) is 4.79 Å². The fraction of sp³-hybridized carbons (Fsp3) is 0.643. The minimum atomic E-state index is -4.73. The van der Waals surface area contributed by atoms with Gasteiger partial charge in [-0.1, -0.05) is 19.9 Å². The van der Waals surface area contributed by atoms with E-state index in [0.717, 1.165) is 4.88 Å². The standard InChI is InChI=1S/C14H18F3NO2S/c1-9(2)11(10-4-3-7-21-10)18-6-5-13(8-18,12(19)20)14(15,16)17/h3-4,7,9,11H,5-6,8H2,1-2H3,(H,19,20). The van der Waals surface area contributed by atoms with Crippen LogP contribution in [0.4, 0.5) is 13.2 Å². The maximum absolute atomic E-state index is 13.2. The highest BCUT2D eigenvalue weighted by atomic mass is 32.1. The molecule has 2 rings (SSSR count). The predicted octanol–water partition coefficient (Wildman–Crippen LogP) is 3.78. The van der Waals surface area contributed by atoms with Crippen molar-refractivity contribution in [3.63, 3.8) is 0 Å². The first kappa shape index (κ1) is 16.3. The smallest absolute Gasteiger partial charge is 0.406 e. The minimum Gasteiger partial charge on any atom is -0.481 e. The van der Waals surface area contributed by atoms with Crippen LogP contribution in [0.3, 0.4) is 0 Å². The van der Waals surface area contributed by atoms with E-state index in [0.29, 0.717) is 0 Å². The zero-order valence-electron chi connectivity index (χ0n) is 11.9. The van der Waals surface area contributed by atoms with Crippen LogP contribution < -0.4 is 0 Å². The zero-order chi connectivity index (χ0) is 15.8. The molecule has 0 amide bonds. The number of rotatable bonds is 4. The highest BCUT2D eigenvalue weighted by Gasteiger charge is 2.64. The molecular formula is C14H18F3NO2S. The molecule has 0 saturated carbocycles. The molecule has 1 aromatic rings. The van der Waals surface area contributed by atoms with E-state index < -0.39 is 24.1 Å². The first-order valence-electron chi connectivity index (χ1n) is 6.76. The van der Waals surface area contributed by atoms with Crippen molar-refractivity contribution >= 4 is 17.3 Å². The van der Waals surface area contributed by atoms with Gasteiger partial charge in [-0.3, -0.25) is 9.69 Å². The molecular weight excluding hydrogens is 303 g/mol. The summed E-state index contributed by atoms with van der Waals surface area (Å²) in [5.74, 6) is -1.66. The van der Waals surface area contributed by atoms with Crippen LogP contribution in [0.25, 0.3) is 0 Å². The van der Waals surface area contributed by atoms with E-state index in [-0.39, 0.29) is 24.9 Å². The quantitative estimate of drug-likeness (QED) is 0.917. The molecule has 1 fully saturated rings. The number of halogens is 3. The fourth-order valence-corrected chi connectivity index (χ4v) is 4.03. The Morgan fingerprint density at radius 2 is 2.14 bits per heavy atom. The highest BCUT2D eigenvalue weighted by Crippen LogP contribution is 2.48. The molecule has 1 aliphatic rings. The van der Waals surface area contributed by atoms with Crippen LogP contribution in [0.15, 0.2) is 17.5 Å². The van der Waals surface area contributed by atoms with Gasteiger partial charge in [0.1, 0.15) is 0 Å². The van der Waals surface area contributed by atoms with Crippen LogP contribution in [-0.4, -0.2) is 35.2 Å². The van der Waals surface area contributed by atoms with Gasteiger partial charge in [0.25, 0.3) is 0 Å². The van der Waals surface area contributed by atoms with E-state index in [1.807, 2.05) is 31.4 Å². The molecule has 0 radical (unpaired) electrons. The zero-order valence-corrected chi connectivity index (χ0v) is 12.7. The second-order valence-electron chi connectivity index (χ2n) is 5.81. The molecule has 0 bridgehead atoms. The summed E-state index contributed by atoms with van der Waals surface area (Å²) >= 11 is 1.49. The molecule has 21 heavy (non-hydrogen) atoms. The molecule has 2 unspecified atom stereocenters. The third-order valence-corrected chi connectivity index (χ3v) is 5.05. The Kier molecular flexibility index (Phi) is 4.35. The van der Waals surface area contributed by atoms with Crippen molar-refractivity contribution in [2.45, 2.75) is 32.5 Å². The van der Waals surface area contributed by atoms with Crippen LogP contribution in [0.5, 0.6) is 0 Å². The maximum atomic E-state index is 13.2. The van der Waals surface area contributed by atoms with Crippen LogP contribution in [0, 0.1) is 11.3 Å². The molecule has 1 aliphatic heterocycles. The van der Waals surface area contributed by atoms with Gasteiger partial charge in [-0.2, -0.15) is 13.2 Å². The summed E-state index contributed by atoms with van der Waals surface area (Å²) in [6, 6.07) is 3.58. The number of alkyl halides is 3. The minimum absolute atomic E-state index is 0.112. The number of thiophene rings is 1. The van der Waals surface area contributed by atoms with Gasteiger partial charge < -0.3 is 5.11 Å². The molecule has 2 atom stereocenters. The molecule has 1 aromatic heterocycles. The average Bonchev–Trinajstić information content (AvgIpc) is 2.97. The second-order valence-corrected chi connectivity index (χ2v) is 6.79. The maximum Gasteiger partial charge on any atom is 0.406 e. The van der Waals surface area contributed by atoms with E-state index in [9.17, 15) is 18.0 Å². The Morgan fingerprint density at radius 1 is 1.48 bits per heavy atom. The number of nitrogens with zero attached hydrogens (tertiary/aromatic N) is 1. The summed E-state index contributed by atoms with van der Waals surface area (Å²) in [6.45, 7) is 3.55. The summed E-state index contributed by atoms with van der Waals surface area (Å²) in [4.78, 5) is 13.9. The average molecular weight is 321 g/mol. The molecule has 0 aromatic carbocycles. The summed E-state index contributed by atoms with van der Waals surface area (Å²) in [6.07, 6.45) is -5.12. The second kappa shape index (κ2) is 5.61. The third kappa shape index (κ3) is 2.81. The van der Waals surface area contributed by atoms with Crippen molar-refractivity contribution in [2.24, 2.45) is 11.3 Å². The predicted molar refractivity (Wildman–Crippen MR) is 74.2 cm³/mol. The van der Waals surface area contributed by atoms with Gasteiger partial charge in [-0.15, -0.1) is 11.3 Å². The van der Waals surface area contributed by atoms with Gasteiger partial charge in [-0.25, -0.2) is 0 Å². The molecule has 1 N–H and O–H groups in total. The number of aliphatic carboxylic acids is 1. The van der Waals surface area contributed by atoms with Gasteiger partial charge in [0.2, 0.25) is 0 Å². The first-order valence-corrected chi connectivity index (χ1v) is 7.64. The number of hydrogen-bond donors (Lipinski definition) is 1. The van der Waals surface area contributed by atoms with Crippen molar-refractivity contribution in [1.29, 1.82) is 0 Å². The van der Waals surface area contributed by atoms with Crippen molar-refractivity contribution in [2.75, 3.05) is 13.1 Å². The molecule has 3 nitrogen and oxygen atoms in total. The lowest BCUT2D eigenvalue weighted by atomic mass is 9.86. The largest absolute Gasteiger partial charge is 0.481 e. The van der Waals surface area contributed by atoms with Crippen molar-refractivity contribution in [1.82, 2.24) is 4.90 Å². The van der Waals surface area contributed by atoms with Crippen molar-refractivity contribution in [3.05, 3.63) is 22.4 Å². The highest BCUT2D eigenvalue weighted by molar-refractivity contribution is 7.10. The lowest BCUT2D eigenvalue weighted by molar-refractivity contribution is -0.228. The van der Waals surface area contributed by atoms with Gasteiger partial charge in [0.15, 0.2) is 5.41 Å². The monoisotopic (exact) mass is 321 g/mol. The van der Waals surface area contributed by atoms with Gasteiger partial charge in [0, 0.05) is 24.0 Å². The Hall–Kier alpha value is -1.08. The Morgan fingerprint density at radius 3 is 2.52 bits per heavy atom. The van der Waals surface area contributed by atoms with Crippen LogP contribution in [0.1, 0.15) is 31.2 Å². The van der Waals surface area contributed by atoms with E-state index in [1.165, 1.54) is 11.3 Å². The number of hydrogen-bond acceptors (Lipinski definition) is 3. The number of carboxylic acid groups (broad SMARTS) is 1. The molecule has 1 saturated heterocycles. The molecule has 7 heteroatoms. The van der Waals surface area contributed by atoms with E-state index in [2.05, 4.69) is 0 Å². The lowest BCUT2D eigenvalue weighted by Gasteiger charge is -2.32. The summed E-state index contributed by atoms with van der Waals surface area (Å²) < 4.78 is 39.7. The van der Waals surface area contributed by atoms with E-state index >= 15 is 0 Å². The number of likely N-dealkylation sites (tertiary alicyclic amines) is 1. The summed E-state index contributed by atoms with van der Waals surface area (Å²) in [7, 11) is 0. The Labute approximate surface area is 125 Å². The Balaban J connectivity index is 2.29. The fourth-order valence-electron chi connectivity index (χ4n) is 2.99. The van der Waals surface area contributed by atoms with Gasteiger partial charge >= 0.3 is 12.1 Å². The summed E-state index contributed by atoms with van der Waals surface area (Å²) in [5, 5.41) is 11.0. The third-order valence-electron chi connectivity index (χ3n) is 4.11. The lowest BCUT2D eigenvalue weighted by Crippen LogP contribution is -2.47. The first-order chi connectivity index (χ1) is 9.69. The van der Waals surface area contributed by atoms with Gasteiger partial charge in [-0.05, 0) is 23.8 Å². The molecule has 0 spiro atoms. The number of carboxylic acids is 1. The normalized spacial score (nSPS) is 25.4. The Bertz CT molecular complexity index is 501. The van der Waals surface area contributed by atoms with Gasteiger partial charge in [0.05, 0.1) is 0 Å². The molecule has 0 aliphatic carbocycles. The van der Waals surface area contributed by atoms with Crippen molar-refractivity contribution < 1.29 is 23.1 Å². The summed E-state index contributed by atoms with van der Waals surface area (Å²) in [5.41, 5.74) is -2.64. The number of carbonyl (C=O) groups is 1. The van der Waals surface area contributed by atoms with Crippen molar-refractivity contribution in [3.8, 4) is 0 Å². The molecule has 2 heterocycles. The SMILES string of the molecule is CC(C)C(c1cccs1)N1CCC(C(=O)O)(C(F)(F)F)C1. The van der Waals surface area contributed by atoms with Crippen LogP contribution >= 0.6 is 11.3 Å². The molecule has 118 valence electrons. The topological polar surface area (TPSA) is 40.5 Å². The van der Waals surface area contributed by atoms with Crippen LogP contribution in [0.2, 0.25) is 0 Å². The van der Waals surface area contributed by atoms with E-state index in [4.69, 9.17) is 5.11 Å².